The highest BCUT2D eigenvalue weighted by Gasteiger charge is 2.20. The second-order valence-electron chi connectivity index (χ2n) is 6.63. The summed E-state index contributed by atoms with van der Waals surface area (Å²) >= 11 is 0. The highest BCUT2D eigenvalue weighted by molar-refractivity contribution is 6.02. The van der Waals surface area contributed by atoms with Crippen molar-refractivity contribution in [1.82, 2.24) is 14.5 Å². The number of rotatable bonds is 5. The van der Waals surface area contributed by atoms with Crippen LogP contribution >= 0.6 is 0 Å². The van der Waals surface area contributed by atoms with E-state index in [0.29, 0.717) is 12.5 Å². The molecule has 0 unspecified atom stereocenters. The average Bonchev–Trinajstić information content (AvgIpc) is 2.98. The Morgan fingerprint density at radius 1 is 1.28 bits per heavy atom. The van der Waals surface area contributed by atoms with Crippen LogP contribution in [-0.4, -0.2) is 46.6 Å². The van der Waals surface area contributed by atoms with Crippen LogP contribution in [-0.2, 0) is 22.4 Å². The molecule has 0 aliphatic carbocycles. The van der Waals surface area contributed by atoms with Crippen LogP contribution in [0.1, 0.15) is 18.7 Å². The Balaban J connectivity index is 1.84. The largest absolute Gasteiger partial charge is 0.508 e. The van der Waals surface area contributed by atoms with Gasteiger partial charge in [0, 0.05) is 44.7 Å². The molecule has 0 radical (unpaired) electrons. The second-order valence-corrected chi connectivity index (χ2v) is 6.63. The summed E-state index contributed by atoms with van der Waals surface area (Å²) in [6.45, 7) is 3.24. The van der Waals surface area contributed by atoms with Gasteiger partial charge in [0.2, 0.25) is 0 Å². The number of aromatic hydroxyl groups is 1. The van der Waals surface area contributed by atoms with E-state index in [1.807, 2.05) is 6.07 Å². The van der Waals surface area contributed by atoms with Crippen LogP contribution in [0.3, 0.4) is 0 Å². The van der Waals surface area contributed by atoms with Crippen molar-refractivity contribution in [2.75, 3.05) is 26.9 Å². The number of imidazole rings is 1. The lowest BCUT2D eigenvalue weighted by Crippen LogP contribution is -2.21. The molecule has 132 valence electrons. The third-order valence-electron chi connectivity index (χ3n) is 4.95. The summed E-state index contributed by atoms with van der Waals surface area (Å²) in [5.41, 5.74) is 2.79. The van der Waals surface area contributed by atoms with Crippen LogP contribution in [0.4, 0.5) is 0 Å². The van der Waals surface area contributed by atoms with E-state index in [1.54, 1.807) is 25.4 Å². The first-order valence-electron chi connectivity index (χ1n) is 8.80. The Labute approximate surface area is 146 Å². The Hall–Kier alpha value is -2.18. The first-order chi connectivity index (χ1) is 12.3. The minimum absolute atomic E-state index is 0.231. The number of hydrogen-bond donors (Lipinski definition) is 1. The van der Waals surface area contributed by atoms with E-state index >= 15 is 0 Å². The van der Waals surface area contributed by atoms with Crippen LogP contribution < -0.4 is 0 Å². The molecule has 0 atom stereocenters. The summed E-state index contributed by atoms with van der Waals surface area (Å²) in [5, 5.41) is 10.8. The molecule has 1 aliphatic heterocycles. The third kappa shape index (κ3) is 3.19. The first kappa shape index (κ1) is 16.3. The molecule has 1 aromatic carbocycles. The molecule has 0 amide bonds. The summed E-state index contributed by atoms with van der Waals surface area (Å²) in [4.78, 5) is 9.28. The van der Waals surface area contributed by atoms with Crippen LogP contribution in [0.5, 0.6) is 5.75 Å². The zero-order chi connectivity index (χ0) is 17.2. The molecular formula is C19H23N3O3. The van der Waals surface area contributed by atoms with Gasteiger partial charge in [0.15, 0.2) is 0 Å². The number of pyridine rings is 1. The number of phenolic OH excluding ortho intramolecular Hbond substituents is 1. The van der Waals surface area contributed by atoms with Gasteiger partial charge in [0.25, 0.3) is 0 Å². The molecule has 1 saturated heterocycles. The van der Waals surface area contributed by atoms with E-state index in [9.17, 15) is 5.11 Å². The number of phenols is 1. The molecule has 1 fully saturated rings. The number of methoxy groups -OCH3 is 1. The summed E-state index contributed by atoms with van der Waals surface area (Å²) in [7, 11) is 1.71. The molecule has 2 aromatic heterocycles. The predicted molar refractivity (Wildman–Crippen MR) is 95.8 cm³/mol. The van der Waals surface area contributed by atoms with Gasteiger partial charge in [0.1, 0.15) is 17.1 Å². The average molecular weight is 341 g/mol. The summed E-state index contributed by atoms with van der Waals surface area (Å²) in [6.07, 6.45) is 4.72. The minimum atomic E-state index is 0.231. The van der Waals surface area contributed by atoms with Crippen molar-refractivity contribution in [3.05, 3.63) is 30.2 Å². The first-order valence-corrected chi connectivity index (χ1v) is 8.80. The quantitative estimate of drug-likeness (QED) is 0.773. The zero-order valence-corrected chi connectivity index (χ0v) is 14.4. The number of hydrogen-bond acceptors (Lipinski definition) is 5. The molecule has 25 heavy (non-hydrogen) atoms. The Bertz CT molecular complexity index is 884. The lowest BCUT2D eigenvalue weighted by atomic mass is 10.00. The highest BCUT2D eigenvalue weighted by atomic mass is 16.5. The van der Waals surface area contributed by atoms with Gasteiger partial charge in [-0.05, 0) is 30.9 Å². The van der Waals surface area contributed by atoms with E-state index in [1.165, 1.54) is 0 Å². The van der Waals surface area contributed by atoms with E-state index in [2.05, 4.69) is 9.55 Å². The van der Waals surface area contributed by atoms with E-state index in [-0.39, 0.29) is 5.75 Å². The van der Waals surface area contributed by atoms with Crippen molar-refractivity contribution in [1.29, 1.82) is 0 Å². The Kier molecular flexibility index (Phi) is 4.55. The molecule has 0 bridgehead atoms. The van der Waals surface area contributed by atoms with Crippen molar-refractivity contribution in [3.63, 3.8) is 0 Å². The molecule has 1 aliphatic rings. The molecule has 0 spiro atoms. The standard InChI is InChI=1S/C19H23N3O3/c1-24-7-6-18-21-17-11-20-16-10-14(23)2-3-15(16)19(17)22(18)12-13-4-8-25-9-5-13/h2-3,10-11,13,23H,4-9,12H2,1H3. The maximum absolute atomic E-state index is 9.76. The van der Waals surface area contributed by atoms with Gasteiger partial charge < -0.3 is 19.1 Å². The van der Waals surface area contributed by atoms with Crippen LogP contribution in [0.25, 0.3) is 21.9 Å². The van der Waals surface area contributed by atoms with Crippen LogP contribution in [0.2, 0.25) is 0 Å². The number of fused-ring (bicyclic) bond motifs is 3. The predicted octanol–water partition coefficient (Wildman–Crippen LogP) is 2.91. The lowest BCUT2D eigenvalue weighted by molar-refractivity contribution is 0.0612. The molecule has 4 rings (SSSR count). The zero-order valence-electron chi connectivity index (χ0n) is 14.4. The van der Waals surface area contributed by atoms with Gasteiger partial charge in [0.05, 0.1) is 23.8 Å². The van der Waals surface area contributed by atoms with Gasteiger partial charge in [-0.15, -0.1) is 0 Å². The normalized spacial score (nSPS) is 16.0. The van der Waals surface area contributed by atoms with Crippen molar-refractivity contribution in [2.24, 2.45) is 5.92 Å². The molecule has 0 saturated carbocycles. The van der Waals surface area contributed by atoms with Crippen molar-refractivity contribution < 1.29 is 14.6 Å². The van der Waals surface area contributed by atoms with Gasteiger partial charge in [-0.2, -0.15) is 0 Å². The molecule has 3 aromatic rings. The SMILES string of the molecule is COCCc1nc2cnc3cc(O)ccc3c2n1CC1CCOCC1. The van der Waals surface area contributed by atoms with Gasteiger partial charge in [-0.25, -0.2) is 4.98 Å². The van der Waals surface area contributed by atoms with Crippen molar-refractivity contribution >= 4 is 21.9 Å². The fourth-order valence-electron chi connectivity index (χ4n) is 3.62. The van der Waals surface area contributed by atoms with E-state index in [0.717, 1.165) is 66.8 Å². The topological polar surface area (TPSA) is 69.4 Å². The Morgan fingerprint density at radius 2 is 2.12 bits per heavy atom. The number of benzene rings is 1. The molecule has 1 N–H and O–H groups in total. The third-order valence-corrected chi connectivity index (χ3v) is 4.95. The maximum Gasteiger partial charge on any atom is 0.117 e. The minimum Gasteiger partial charge on any atom is -0.508 e. The molecule has 6 heteroatoms. The summed E-state index contributed by atoms with van der Waals surface area (Å²) < 4.78 is 13.1. The van der Waals surface area contributed by atoms with Gasteiger partial charge in [-0.1, -0.05) is 0 Å². The molecule has 3 heterocycles. The van der Waals surface area contributed by atoms with Crippen molar-refractivity contribution in [2.45, 2.75) is 25.8 Å². The second kappa shape index (κ2) is 6.98. The fraction of sp³-hybridized carbons (Fsp3) is 0.474. The number of ether oxygens (including phenoxy) is 2. The van der Waals surface area contributed by atoms with Gasteiger partial charge in [-0.3, -0.25) is 4.98 Å². The van der Waals surface area contributed by atoms with Gasteiger partial charge >= 0.3 is 0 Å². The molecule has 6 nitrogen and oxygen atoms in total. The summed E-state index contributed by atoms with van der Waals surface area (Å²) in [5.74, 6) is 1.85. The maximum atomic E-state index is 9.76. The van der Waals surface area contributed by atoms with E-state index in [4.69, 9.17) is 14.5 Å². The van der Waals surface area contributed by atoms with E-state index < -0.39 is 0 Å². The number of aromatic nitrogens is 3. The fourth-order valence-corrected chi connectivity index (χ4v) is 3.62. The molecular weight excluding hydrogens is 318 g/mol. The smallest absolute Gasteiger partial charge is 0.117 e. The Morgan fingerprint density at radius 3 is 2.92 bits per heavy atom. The highest BCUT2D eigenvalue weighted by Crippen LogP contribution is 2.29. The lowest BCUT2D eigenvalue weighted by Gasteiger charge is -2.23. The summed E-state index contributed by atoms with van der Waals surface area (Å²) in [6, 6.07) is 5.35. The van der Waals surface area contributed by atoms with Crippen LogP contribution in [0.15, 0.2) is 24.4 Å². The monoisotopic (exact) mass is 341 g/mol. The van der Waals surface area contributed by atoms with Crippen LogP contribution in [0, 0.1) is 5.92 Å². The number of nitrogens with zero attached hydrogens (tertiary/aromatic N) is 3. The van der Waals surface area contributed by atoms with Crippen molar-refractivity contribution in [3.8, 4) is 5.75 Å².